The lowest BCUT2D eigenvalue weighted by Crippen LogP contribution is -2.70. The zero-order valence-electron chi connectivity index (χ0n) is 30.8. The molecule has 54 heavy (non-hydrogen) atoms. The molecule has 0 saturated carbocycles. The number of hydrogen-bond donors (Lipinski definition) is 4. The standard InChI is InChI=1S/C39H43N3O11S/c1-16-9-20-10-22-37(46)42-23-13-50-38(47)39(21-12-25(48-5)24(44)11-19(21)7-8-40-39)14-54-36(30(42)29(41(22)4)26(20)31(45)32(16)49-6)28-27(23)35-34(51-15-52-35)17(2)33(28)53-18(3)43/h9,11-12,22-23,29-30,36-37,40,44-46H,7-8,10,13-15H2,1-6H3/t22?,23?,29?,30?,36?,37?,39-/m1/s1. The van der Waals surface area contributed by atoms with Crippen LogP contribution in [0, 0.1) is 13.8 Å². The fraction of sp³-hybridized carbons (Fsp3) is 0.487. The Hall–Kier alpha value is -4.41. The number of hydrogen-bond acceptors (Lipinski definition) is 15. The topological polar surface area (TPSA) is 169 Å². The van der Waals surface area contributed by atoms with E-state index in [9.17, 15) is 24.9 Å². The molecule has 3 aromatic carbocycles. The maximum atomic E-state index is 14.7. The number of aliphatic hydroxyl groups excluding tert-OH is 1. The second-order valence-corrected chi connectivity index (χ2v) is 16.1. The minimum atomic E-state index is -1.36. The van der Waals surface area contributed by atoms with Gasteiger partial charge in [-0.05, 0) is 68.1 Å². The van der Waals surface area contributed by atoms with Gasteiger partial charge in [0.05, 0.1) is 37.6 Å². The number of piperazine rings is 1. The van der Waals surface area contributed by atoms with Gasteiger partial charge in [-0.2, -0.15) is 0 Å². The van der Waals surface area contributed by atoms with Gasteiger partial charge >= 0.3 is 11.9 Å². The number of thioether (sulfide) groups is 1. The molecule has 3 aromatic rings. The van der Waals surface area contributed by atoms with Crippen molar-refractivity contribution in [2.75, 3.05) is 47.0 Å². The van der Waals surface area contributed by atoms with Crippen molar-refractivity contribution < 1.29 is 53.3 Å². The third-order valence-electron chi connectivity index (χ3n) is 12.3. The van der Waals surface area contributed by atoms with E-state index in [0.29, 0.717) is 70.2 Å². The molecular weight excluding hydrogens is 719 g/mol. The first kappa shape index (κ1) is 35.3. The van der Waals surface area contributed by atoms with Gasteiger partial charge in [-0.15, -0.1) is 11.8 Å². The number of phenolic OH excluding ortho intramolecular Hbond substituents is 2. The number of ether oxygens (including phenoxy) is 6. The summed E-state index contributed by atoms with van der Waals surface area (Å²) in [7, 11) is 4.96. The molecule has 0 aliphatic carbocycles. The molecule has 6 unspecified atom stereocenters. The van der Waals surface area contributed by atoms with E-state index in [2.05, 4.69) is 10.2 Å². The van der Waals surface area contributed by atoms with E-state index in [1.807, 2.05) is 31.9 Å². The molecule has 2 fully saturated rings. The van der Waals surface area contributed by atoms with Gasteiger partial charge in [-0.1, -0.05) is 6.07 Å². The maximum Gasteiger partial charge on any atom is 0.331 e. The molecule has 7 atom stereocenters. The van der Waals surface area contributed by atoms with Gasteiger partial charge < -0.3 is 43.7 Å². The van der Waals surface area contributed by atoms with Gasteiger partial charge in [0.1, 0.15) is 18.6 Å². The van der Waals surface area contributed by atoms with E-state index >= 15 is 0 Å². The quantitative estimate of drug-likeness (QED) is 0.226. The Bertz CT molecular complexity index is 2130. The number of nitrogens with one attached hydrogen (secondary N) is 1. The Morgan fingerprint density at radius 1 is 1.02 bits per heavy atom. The molecule has 4 N–H and O–H groups in total. The maximum absolute atomic E-state index is 14.7. The number of phenols is 2. The lowest BCUT2D eigenvalue weighted by Gasteiger charge is -2.62. The molecule has 2 saturated heterocycles. The summed E-state index contributed by atoms with van der Waals surface area (Å²) in [4.78, 5) is 31.7. The molecule has 7 aliphatic heterocycles. The number of likely N-dealkylation sites (N-methyl/N-ethyl adjacent to an activating group) is 1. The number of methoxy groups -OCH3 is 2. The minimum Gasteiger partial charge on any atom is -0.504 e. The fourth-order valence-corrected chi connectivity index (χ4v) is 11.7. The highest BCUT2D eigenvalue weighted by Gasteiger charge is 2.61. The predicted octanol–water partition coefficient (Wildman–Crippen LogP) is 3.41. The number of rotatable bonds is 3. The number of benzene rings is 3. The van der Waals surface area contributed by atoms with Crippen molar-refractivity contribution in [1.82, 2.24) is 15.1 Å². The van der Waals surface area contributed by atoms with Crippen molar-refractivity contribution in [2.24, 2.45) is 0 Å². The lowest BCUT2D eigenvalue weighted by molar-refractivity contribution is -0.186. The molecule has 14 nitrogen and oxygen atoms in total. The molecule has 7 aliphatic rings. The number of fused-ring (bicyclic) bond motifs is 9. The summed E-state index contributed by atoms with van der Waals surface area (Å²) in [6.45, 7) is 5.26. The van der Waals surface area contributed by atoms with E-state index in [4.69, 9.17) is 28.4 Å². The van der Waals surface area contributed by atoms with Gasteiger partial charge in [-0.25, -0.2) is 4.79 Å². The van der Waals surface area contributed by atoms with E-state index in [-0.39, 0.29) is 42.4 Å². The first-order valence-corrected chi connectivity index (χ1v) is 19.1. The molecule has 0 amide bonds. The van der Waals surface area contributed by atoms with Crippen LogP contribution in [-0.4, -0.2) is 102 Å². The van der Waals surface area contributed by atoms with Crippen LogP contribution >= 0.6 is 11.8 Å². The summed E-state index contributed by atoms with van der Waals surface area (Å²) in [5.41, 5.74) is 4.36. The second-order valence-electron chi connectivity index (χ2n) is 14.9. The van der Waals surface area contributed by atoms with E-state index < -0.39 is 47.1 Å². The van der Waals surface area contributed by atoms with Crippen molar-refractivity contribution in [3.05, 3.63) is 62.7 Å². The number of esters is 2. The predicted molar refractivity (Wildman–Crippen MR) is 195 cm³/mol. The van der Waals surface area contributed by atoms with Crippen LogP contribution in [0.25, 0.3) is 0 Å². The van der Waals surface area contributed by atoms with Crippen molar-refractivity contribution in [3.8, 4) is 40.2 Å². The summed E-state index contributed by atoms with van der Waals surface area (Å²) >= 11 is 1.47. The SMILES string of the molecule is COc1cc2c(cc1O)CCN[C@]21CSC2c3c(OC(C)=O)c(C)c4c(c3C(COC1=O)N1C(O)C3Cc5cc(C)c(OC)c(O)c5C(C21)N3C)OCO4. The van der Waals surface area contributed by atoms with Gasteiger partial charge in [0, 0.05) is 47.5 Å². The number of aryl methyl sites for hydroxylation is 1. The summed E-state index contributed by atoms with van der Waals surface area (Å²) < 4.78 is 35.9. The average molecular weight is 762 g/mol. The van der Waals surface area contributed by atoms with Crippen LogP contribution in [0.5, 0.6) is 40.2 Å². The third kappa shape index (κ3) is 4.74. The van der Waals surface area contributed by atoms with Crippen LogP contribution in [0.1, 0.15) is 68.8 Å². The van der Waals surface area contributed by atoms with Crippen molar-refractivity contribution in [3.63, 3.8) is 0 Å². The highest BCUT2D eigenvalue weighted by Crippen LogP contribution is 2.64. The van der Waals surface area contributed by atoms with Crippen molar-refractivity contribution in [2.45, 2.75) is 74.8 Å². The number of aromatic hydroxyl groups is 2. The van der Waals surface area contributed by atoms with Crippen LogP contribution in [-0.2, 0) is 32.7 Å². The molecule has 1 spiro atoms. The Balaban J connectivity index is 1.32. The monoisotopic (exact) mass is 761 g/mol. The summed E-state index contributed by atoms with van der Waals surface area (Å²) in [6.07, 6.45) is -0.0282. The number of nitrogens with zero attached hydrogens (tertiary/aromatic N) is 2. The Kier molecular flexibility index (Phi) is 8.21. The van der Waals surface area contributed by atoms with Crippen LogP contribution in [0.3, 0.4) is 0 Å². The fourth-order valence-electron chi connectivity index (χ4n) is 10.00. The molecule has 4 bridgehead atoms. The summed E-state index contributed by atoms with van der Waals surface area (Å²) in [5.74, 6) is 0.949. The second kappa shape index (κ2) is 12.6. The van der Waals surface area contributed by atoms with Crippen LogP contribution in [0.15, 0.2) is 18.2 Å². The highest BCUT2D eigenvalue weighted by molar-refractivity contribution is 7.99. The Labute approximate surface area is 316 Å². The smallest absolute Gasteiger partial charge is 0.331 e. The molecular formula is C39H43N3O11S. The van der Waals surface area contributed by atoms with Gasteiger partial charge in [0.2, 0.25) is 6.79 Å². The first-order chi connectivity index (χ1) is 25.9. The zero-order chi connectivity index (χ0) is 38.0. The first-order valence-electron chi connectivity index (χ1n) is 18.1. The van der Waals surface area contributed by atoms with Crippen LogP contribution in [0.4, 0.5) is 0 Å². The third-order valence-corrected chi connectivity index (χ3v) is 13.7. The lowest BCUT2D eigenvalue weighted by atomic mass is 9.73. The molecule has 10 rings (SSSR count). The molecule has 15 heteroatoms. The van der Waals surface area contributed by atoms with Crippen LogP contribution < -0.4 is 29.0 Å². The van der Waals surface area contributed by atoms with Gasteiger partial charge in [0.15, 0.2) is 40.0 Å². The number of aliphatic hydroxyl groups is 1. The molecule has 286 valence electrons. The van der Waals surface area contributed by atoms with Crippen molar-refractivity contribution in [1.29, 1.82) is 0 Å². The molecule has 0 radical (unpaired) electrons. The molecule has 0 aromatic heterocycles. The normalized spacial score (nSPS) is 29.4. The highest BCUT2D eigenvalue weighted by atomic mass is 32.2. The number of carbonyl (C=O) groups is 2. The summed E-state index contributed by atoms with van der Waals surface area (Å²) in [5, 5.41) is 38.2. The van der Waals surface area contributed by atoms with E-state index in [0.717, 1.165) is 16.7 Å². The number of carbonyl (C=O) groups excluding carboxylic acids is 2. The largest absolute Gasteiger partial charge is 0.504 e. The zero-order valence-corrected chi connectivity index (χ0v) is 31.7. The van der Waals surface area contributed by atoms with Crippen molar-refractivity contribution >= 4 is 23.7 Å². The Morgan fingerprint density at radius 2 is 1.80 bits per heavy atom. The van der Waals surface area contributed by atoms with E-state index in [1.165, 1.54) is 32.9 Å². The van der Waals surface area contributed by atoms with Gasteiger partial charge in [-0.3, -0.25) is 19.9 Å². The molecule has 7 heterocycles. The Morgan fingerprint density at radius 3 is 2.54 bits per heavy atom. The average Bonchev–Trinajstić information content (AvgIpc) is 3.63. The van der Waals surface area contributed by atoms with Crippen LogP contribution in [0.2, 0.25) is 0 Å². The minimum absolute atomic E-state index is 0.0226. The van der Waals surface area contributed by atoms with E-state index in [1.54, 1.807) is 12.1 Å². The summed E-state index contributed by atoms with van der Waals surface area (Å²) in [6, 6.07) is 3.13. The van der Waals surface area contributed by atoms with Gasteiger partial charge in [0.25, 0.3) is 0 Å².